The number of halogens is 1. The molecule has 0 saturated carbocycles. The largest absolute Gasteiger partial charge is 0.484 e. The van der Waals surface area contributed by atoms with E-state index in [1.807, 2.05) is 12.1 Å². The summed E-state index contributed by atoms with van der Waals surface area (Å²) in [5, 5.41) is 0.649. The summed E-state index contributed by atoms with van der Waals surface area (Å²) in [6, 6.07) is 12.2. The average molecular weight is 330 g/mol. The maximum absolute atomic E-state index is 12.2. The fourth-order valence-corrected chi connectivity index (χ4v) is 2.08. The molecule has 0 bridgehead atoms. The Morgan fingerprint density at radius 3 is 2.48 bits per heavy atom. The van der Waals surface area contributed by atoms with Crippen molar-refractivity contribution in [1.82, 2.24) is 0 Å². The number of allylic oxidation sites excluding steroid dienone is 1. The second-order valence-corrected chi connectivity index (χ2v) is 5.42. The van der Waals surface area contributed by atoms with Gasteiger partial charge in [0.25, 0.3) is 5.91 Å². The molecule has 0 aliphatic rings. The van der Waals surface area contributed by atoms with Gasteiger partial charge in [-0.25, -0.2) is 0 Å². The van der Waals surface area contributed by atoms with Gasteiger partial charge in [-0.2, -0.15) is 0 Å². The summed E-state index contributed by atoms with van der Waals surface area (Å²) in [4.78, 5) is 22.9. The van der Waals surface area contributed by atoms with Gasteiger partial charge in [0, 0.05) is 10.6 Å². The van der Waals surface area contributed by atoms with E-state index in [1.165, 1.54) is 6.08 Å². The molecule has 4 nitrogen and oxygen atoms in total. The lowest BCUT2D eigenvalue weighted by atomic mass is 10.1. The number of ether oxygens (including phenoxy) is 1. The van der Waals surface area contributed by atoms with Gasteiger partial charge in [-0.3, -0.25) is 9.59 Å². The van der Waals surface area contributed by atoms with Crippen LogP contribution >= 0.6 is 11.6 Å². The first kappa shape index (κ1) is 16.8. The van der Waals surface area contributed by atoms with E-state index in [0.29, 0.717) is 16.3 Å². The van der Waals surface area contributed by atoms with Gasteiger partial charge < -0.3 is 10.5 Å². The predicted octanol–water partition coefficient (Wildman–Crippen LogP) is 3.41. The van der Waals surface area contributed by atoms with Crippen LogP contribution in [-0.4, -0.2) is 18.3 Å². The minimum Gasteiger partial charge on any atom is -0.484 e. The van der Waals surface area contributed by atoms with Crippen molar-refractivity contribution in [3.63, 3.8) is 0 Å². The summed E-state index contributed by atoms with van der Waals surface area (Å²) >= 11 is 5.82. The van der Waals surface area contributed by atoms with Crippen LogP contribution < -0.4 is 10.5 Å². The van der Waals surface area contributed by atoms with Crippen LogP contribution in [0.25, 0.3) is 6.08 Å². The summed E-state index contributed by atoms with van der Waals surface area (Å²) in [6.07, 6.45) is 3.23. The number of nitrogens with two attached hydrogens (primary N) is 1. The van der Waals surface area contributed by atoms with E-state index in [2.05, 4.69) is 0 Å². The molecule has 118 valence electrons. The molecule has 0 fully saturated rings. The minimum atomic E-state index is -0.546. The number of amides is 1. The molecule has 23 heavy (non-hydrogen) atoms. The maximum atomic E-state index is 12.2. The van der Waals surface area contributed by atoms with Gasteiger partial charge in [0.1, 0.15) is 5.75 Å². The molecule has 0 saturated heterocycles. The van der Waals surface area contributed by atoms with E-state index in [0.717, 1.165) is 11.1 Å². The zero-order chi connectivity index (χ0) is 16.8. The summed E-state index contributed by atoms with van der Waals surface area (Å²) in [6.45, 7) is 1.61. The number of hydrogen-bond donors (Lipinski definition) is 1. The molecule has 0 atom stereocenters. The minimum absolute atomic E-state index is 0.121. The lowest BCUT2D eigenvalue weighted by Crippen LogP contribution is -2.20. The Morgan fingerprint density at radius 1 is 1.17 bits per heavy atom. The van der Waals surface area contributed by atoms with E-state index in [9.17, 15) is 9.59 Å². The standard InChI is InChI=1S/C18H16ClNO3/c1-12-10-14(5-9-17(12)23-11-18(20)22)16(21)8-4-13-2-6-15(19)7-3-13/h2-10H,11H2,1H3,(H2,20,22)/b8-4+. The fourth-order valence-electron chi connectivity index (χ4n) is 1.96. The topological polar surface area (TPSA) is 69.4 Å². The zero-order valence-electron chi connectivity index (χ0n) is 12.6. The van der Waals surface area contributed by atoms with Gasteiger partial charge in [0.05, 0.1) is 0 Å². The van der Waals surface area contributed by atoms with E-state index < -0.39 is 5.91 Å². The monoisotopic (exact) mass is 329 g/mol. The molecule has 2 rings (SSSR count). The number of carbonyl (C=O) groups is 2. The number of ketones is 1. The van der Waals surface area contributed by atoms with Crippen molar-refractivity contribution in [2.45, 2.75) is 6.92 Å². The highest BCUT2D eigenvalue weighted by Crippen LogP contribution is 2.20. The van der Waals surface area contributed by atoms with Crippen molar-refractivity contribution in [2.75, 3.05) is 6.61 Å². The summed E-state index contributed by atoms with van der Waals surface area (Å²) < 4.78 is 5.26. The highest BCUT2D eigenvalue weighted by molar-refractivity contribution is 6.30. The number of carbonyl (C=O) groups excluding carboxylic acids is 2. The SMILES string of the molecule is Cc1cc(C(=O)/C=C/c2ccc(Cl)cc2)ccc1OCC(N)=O. The first-order chi connectivity index (χ1) is 11.0. The third-order valence-corrected chi connectivity index (χ3v) is 3.38. The van der Waals surface area contributed by atoms with Crippen LogP contribution in [-0.2, 0) is 4.79 Å². The summed E-state index contributed by atoms with van der Waals surface area (Å²) in [5.74, 6) is -0.137. The highest BCUT2D eigenvalue weighted by Gasteiger charge is 2.07. The molecular formula is C18H16ClNO3. The van der Waals surface area contributed by atoms with Gasteiger partial charge in [0.15, 0.2) is 12.4 Å². The Bertz CT molecular complexity index is 751. The Balaban J connectivity index is 2.08. The molecule has 0 heterocycles. The van der Waals surface area contributed by atoms with Crippen molar-refractivity contribution in [1.29, 1.82) is 0 Å². The summed E-state index contributed by atoms with van der Waals surface area (Å²) in [5.41, 5.74) is 7.23. The lowest BCUT2D eigenvalue weighted by molar-refractivity contribution is -0.119. The Morgan fingerprint density at radius 2 is 1.87 bits per heavy atom. The molecule has 5 heteroatoms. The molecule has 0 aliphatic carbocycles. The molecule has 0 spiro atoms. The number of rotatable bonds is 6. The highest BCUT2D eigenvalue weighted by atomic mass is 35.5. The maximum Gasteiger partial charge on any atom is 0.255 e. The number of aryl methyl sites for hydroxylation is 1. The van der Waals surface area contributed by atoms with Crippen molar-refractivity contribution in [3.8, 4) is 5.75 Å². The van der Waals surface area contributed by atoms with Crippen LogP contribution in [0.3, 0.4) is 0 Å². The van der Waals surface area contributed by atoms with Crippen molar-refractivity contribution in [3.05, 3.63) is 70.3 Å². The second kappa shape index (κ2) is 7.61. The van der Waals surface area contributed by atoms with Gasteiger partial charge in [-0.05, 0) is 54.5 Å². The van der Waals surface area contributed by atoms with Crippen LogP contribution in [0.5, 0.6) is 5.75 Å². The quantitative estimate of drug-likeness (QED) is 0.652. The van der Waals surface area contributed by atoms with Crippen LogP contribution in [0.4, 0.5) is 0 Å². The van der Waals surface area contributed by atoms with E-state index in [-0.39, 0.29) is 12.4 Å². The molecule has 2 N–H and O–H groups in total. The van der Waals surface area contributed by atoms with Gasteiger partial charge in [-0.15, -0.1) is 0 Å². The lowest BCUT2D eigenvalue weighted by Gasteiger charge is -2.08. The molecular weight excluding hydrogens is 314 g/mol. The normalized spacial score (nSPS) is 10.7. The van der Waals surface area contributed by atoms with Crippen molar-refractivity contribution in [2.24, 2.45) is 5.73 Å². The molecule has 2 aromatic rings. The number of primary amides is 1. The number of hydrogen-bond acceptors (Lipinski definition) is 3. The zero-order valence-corrected chi connectivity index (χ0v) is 13.3. The van der Waals surface area contributed by atoms with Gasteiger partial charge in [0.2, 0.25) is 0 Å². The number of benzene rings is 2. The van der Waals surface area contributed by atoms with Crippen LogP contribution in [0.2, 0.25) is 5.02 Å². The molecule has 0 unspecified atom stereocenters. The first-order valence-electron chi connectivity index (χ1n) is 6.95. The predicted molar refractivity (Wildman–Crippen MR) is 90.7 cm³/mol. The Labute approximate surface area is 139 Å². The van der Waals surface area contributed by atoms with Crippen LogP contribution in [0, 0.1) is 6.92 Å². The smallest absolute Gasteiger partial charge is 0.255 e. The second-order valence-electron chi connectivity index (χ2n) is 4.98. The average Bonchev–Trinajstić information content (AvgIpc) is 2.52. The van der Waals surface area contributed by atoms with Crippen LogP contribution in [0.1, 0.15) is 21.5 Å². The van der Waals surface area contributed by atoms with E-state index >= 15 is 0 Å². The van der Waals surface area contributed by atoms with E-state index in [4.69, 9.17) is 22.1 Å². The molecule has 2 aromatic carbocycles. The fraction of sp³-hybridized carbons (Fsp3) is 0.111. The first-order valence-corrected chi connectivity index (χ1v) is 7.33. The van der Waals surface area contributed by atoms with Crippen molar-refractivity contribution < 1.29 is 14.3 Å². The van der Waals surface area contributed by atoms with Gasteiger partial charge >= 0.3 is 0 Å². The van der Waals surface area contributed by atoms with Gasteiger partial charge in [-0.1, -0.05) is 29.8 Å². The van der Waals surface area contributed by atoms with Crippen molar-refractivity contribution >= 4 is 29.4 Å². The molecule has 0 aliphatic heterocycles. The molecule has 1 amide bonds. The summed E-state index contributed by atoms with van der Waals surface area (Å²) in [7, 11) is 0. The van der Waals surface area contributed by atoms with Crippen LogP contribution in [0.15, 0.2) is 48.5 Å². The molecule has 0 aromatic heterocycles. The third-order valence-electron chi connectivity index (χ3n) is 3.13. The third kappa shape index (κ3) is 4.97. The Kier molecular flexibility index (Phi) is 5.55. The Hall–Kier alpha value is -2.59. The van der Waals surface area contributed by atoms with E-state index in [1.54, 1.807) is 43.3 Å². The molecule has 0 radical (unpaired) electrons.